The first kappa shape index (κ1) is 18.1. The number of aromatic nitrogens is 3. The van der Waals surface area contributed by atoms with E-state index in [0.29, 0.717) is 5.92 Å². The van der Waals surface area contributed by atoms with E-state index in [1.807, 2.05) is 18.2 Å². The lowest BCUT2D eigenvalue weighted by molar-refractivity contribution is -0.126. The molecule has 1 aliphatic heterocycles. The van der Waals surface area contributed by atoms with Gasteiger partial charge in [0, 0.05) is 60.2 Å². The maximum atomic E-state index is 13.1. The van der Waals surface area contributed by atoms with E-state index < -0.39 is 0 Å². The van der Waals surface area contributed by atoms with Crippen LogP contribution in [0.1, 0.15) is 29.2 Å². The number of carbonyl (C=O) groups is 1. The van der Waals surface area contributed by atoms with Crippen LogP contribution in [0.2, 0.25) is 0 Å². The molecule has 1 saturated heterocycles. The summed E-state index contributed by atoms with van der Waals surface area (Å²) in [5, 5.41) is 14.5. The molecule has 3 heterocycles. The first-order valence-corrected chi connectivity index (χ1v) is 10.3. The van der Waals surface area contributed by atoms with Gasteiger partial charge in [0.15, 0.2) is 0 Å². The van der Waals surface area contributed by atoms with Crippen molar-refractivity contribution in [2.75, 3.05) is 13.1 Å². The molecule has 148 valence electrons. The lowest BCUT2D eigenvalue weighted by Crippen LogP contribution is -2.43. The molecule has 2 aromatic heterocycles. The van der Waals surface area contributed by atoms with Gasteiger partial charge in [0.05, 0.1) is 5.69 Å². The summed E-state index contributed by atoms with van der Waals surface area (Å²) in [7, 11) is 0. The number of nitrogens with one attached hydrogen (secondary N) is 3. The van der Waals surface area contributed by atoms with Crippen LogP contribution in [0.3, 0.4) is 0 Å². The van der Waals surface area contributed by atoms with Gasteiger partial charge in [-0.25, -0.2) is 0 Å². The fourth-order valence-corrected chi connectivity index (χ4v) is 4.65. The zero-order valence-corrected chi connectivity index (χ0v) is 16.3. The lowest BCUT2D eigenvalue weighted by atomic mass is 9.84. The van der Waals surface area contributed by atoms with Gasteiger partial charge in [-0.05, 0) is 37.0 Å². The van der Waals surface area contributed by atoms with Gasteiger partial charge in [0.1, 0.15) is 0 Å². The summed E-state index contributed by atoms with van der Waals surface area (Å²) < 4.78 is 0. The Morgan fingerprint density at radius 2 is 1.90 bits per heavy atom. The van der Waals surface area contributed by atoms with Crippen LogP contribution in [0.15, 0.2) is 54.9 Å². The Hall–Kier alpha value is -2.99. The molecular formula is C23H25N5O. The molecular weight excluding hydrogens is 362 g/mol. The zero-order valence-electron chi connectivity index (χ0n) is 16.3. The average Bonchev–Trinajstić information content (AvgIpc) is 3.41. The minimum absolute atomic E-state index is 0.0160. The molecule has 6 heteroatoms. The van der Waals surface area contributed by atoms with Crippen LogP contribution < -0.4 is 10.6 Å². The molecule has 6 nitrogen and oxygen atoms in total. The smallest absolute Gasteiger partial charge is 0.223 e. The summed E-state index contributed by atoms with van der Waals surface area (Å²) >= 11 is 0. The van der Waals surface area contributed by atoms with Crippen molar-refractivity contribution in [2.45, 2.75) is 31.2 Å². The van der Waals surface area contributed by atoms with E-state index >= 15 is 0 Å². The van der Waals surface area contributed by atoms with Crippen molar-refractivity contribution >= 4 is 5.91 Å². The monoisotopic (exact) mass is 387 g/mol. The van der Waals surface area contributed by atoms with Gasteiger partial charge >= 0.3 is 0 Å². The highest BCUT2D eigenvalue weighted by atomic mass is 16.2. The normalized spacial score (nSPS) is 23.5. The van der Waals surface area contributed by atoms with Gasteiger partial charge in [0.2, 0.25) is 5.91 Å². The van der Waals surface area contributed by atoms with Crippen molar-refractivity contribution in [2.24, 2.45) is 5.92 Å². The molecule has 5 rings (SSSR count). The zero-order chi connectivity index (χ0) is 19.6. The first-order chi connectivity index (χ1) is 14.3. The van der Waals surface area contributed by atoms with Crippen molar-refractivity contribution in [3.05, 3.63) is 71.7 Å². The summed E-state index contributed by atoms with van der Waals surface area (Å²) in [6.07, 6.45) is 6.00. The minimum atomic E-state index is -0.0160. The predicted octanol–water partition coefficient (Wildman–Crippen LogP) is 2.45. The molecule has 1 amide bonds. The van der Waals surface area contributed by atoms with Crippen molar-refractivity contribution in [3.63, 3.8) is 0 Å². The number of fused-ring (bicyclic) bond motifs is 1. The number of hydrogen-bond acceptors (Lipinski definition) is 4. The van der Waals surface area contributed by atoms with Gasteiger partial charge in [-0.1, -0.05) is 30.3 Å². The Kier molecular flexibility index (Phi) is 4.86. The van der Waals surface area contributed by atoms with Crippen molar-refractivity contribution in [1.29, 1.82) is 0 Å². The Bertz CT molecular complexity index is 985. The highest BCUT2D eigenvalue weighted by Gasteiger charge is 2.34. The number of benzene rings is 1. The standard InChI is InChI=1S/C23H25N5O/c29-23(26-21-14-25-13-19(21)15-4-2-1-3-5-15)17-6-7-20-18(12-17)22(28-27-20)16-8-10-24-11-9-16/h1-5,8-11,17,19,21,25H,6-7,12-14H2,(H,26,29)(H,27,28)/t17-,19-,21+/m1/s1. The molecule has 3 aromatic rings. The van der Waals surface area contributed by atoms with Gasteiger partial charge in [-0.15, -0.1) is 0 Å². The number of nitrogens with zero attached hydrogens (tertiary/aromatic N) is 2. The fraction of sp³-hybridized carbons (Fsp3) is 0.348. The molecule has 0 saturated carbocycles. The number of aromatic amines is 1. The predicted molar refractivity (Wildman–Crippen MR) is 111 cm³/mol. The lowest BCUT2D eigenvalue weighted by Gasteiger charge is -2.26. The van der Waals surface area contributed by atoms with Crippen LogP contribution in [0.25, 0.3) is 11.3 Å². The van der Waals surface area contributed by atoms with Crippen molar-refractivity contribution in [3.8, 4) is 11.3 Å². The number of amides is 1. The fourth-order valence-electron chi connectivity index (χ4n) is 4.65. The van der Waals surface area contributed by atoms with E-state index in [-0.39, 0.29) is 17.9 Å². The molecule has 29 heavy (non-hydrogen) atoms. The van der Waals surface area contributed by atoms with E-state index in [1.165, 1.54) is 11.1 Å². The van der Waals surface area contributed by atoms with Gasteiger partial charge in [-0.3, -0.25) is 14.9 Å². The molecule has 3 atom stereocenters. The minimum Gasteiger partial charge on any atom is -0.351 e. The van der Waals surface area contributed by atoms with Gasteiger partial charge < -0.3 is 10.6 Å². The second-order valence-corrected chi connectivity index (χ2v) is 8.00. The number of rotatable bonds is 4. The molecule has 1 aliphatic carbocycles. The number of H-pyrrole nitrogens is 1. The Morgan fingerprint density at radius 3 is 2.72 bits per heavy atom. The highest BCUT2D eigenvalue weighted by molar-refractivity contribution is 5.80. The molecule has 0 unspecified atom stereocenters. The number of hydrogen-bond donors (Lipinski definition) is 3. The van der Waals surface area contributed by atoms with Crippen LogP contribution in [0.5, 0.6) is 0 Å². The topological polar surface area (TPSA) is 82.7 Å². The molecule has 1 fully saturated rings. The van der Waals surface area contributed by atoms with Crippen molar-refractivity contribution < 1.29 is 4.79 Å². The first-order valence-electron chi connectivity index (χ1n) is 10.3. The average molecular weight is 387 g/mol. The quantitative estimate of drug-likeness (QED) is 0.642. The summed E-state index contributed by atoms with van der Waals surface area (Å²) in [6, 6.07) is 14.5. The summed E-state index contributed by atoms with van der Waals surface area (Å²) in [6.45, 7) is 1.72. The van der Waals surface area contributed by atoms with Crippen molar-refractivity contribution in [1.82, 2.24) is 25.8 Å². The second-order valence-electron chi connectivity index (χ2n) is 8.00. The van der Waals surface area contributed by atoms with Crippen LogP contribution in [0, 0.1) is 5.92 Å². The summed E-state index contributed by atoms with van der Waals surface area (Å²) in [5.74, 6) is 0.463. The second kappa shape index (κ2) is 7.79. The SMILES string of the molecule is O=C(N[C@H]1CNC[C@@H]1c1ccccc1)[C@@H]1CCc2[nH]nc(-c3ccncc3)c2C1. The van der Waals surface area contributed by atoms with E-state index in [1.54, 1.807) is 12.4 Å². The largest absolute Gasteiger partial charge is 0.351 e. The number of pyridine rings is 1. The van der Waals surface area contributed by atoms with E-state index in [4.69, 9.17) is 0 Å². The van der Waals surface area contributed by atoms with Gasteiger partial charge in [0.25, 0.3) is 0 Å². The van der Waals surface area contributed by atoms with E-state index in [0.717, 1.165) is 49.3 Å². The van der Waals surface area contributed by atoms with Gasteiger partial charge in [-0.2, -0.15) is 5.10 Å². The van der Waals surface area contributed by atoms with Crippen LogP contribution in [-0.2, 0) is 17.6 Å². The summed E-state index contributed by atoms with van der Waals surface area (Å²) in [5.41, 5.74) is 5.60. The highest BCUT2D eigenvalue weighted by Crippen LogP contribution is 2.32. The maximum absolute atomic E-state index is 13.1. The molecule has 0 bridgehead atoms. The Balaban J connectivity index is 1.31. The molecule has 2 aliphatic rings. The third kappa shape index (κ3) is 3.56. The third-order valence-electron chi connectivity index (χ3n) is 6.24. The molecule has 0 radical (unpaired) electrons. The summed E-state index contributed by atoms with van der Waals surface area (Å²) in [4.78, 5) is 17.2. The van der Waals surface area contributed by atoms with Crippen LogP contribution in [0.4, 0.5) is 0 Å². The van der Waals surface area contributed by atoms with E-state index in [2.05, 4.69) is 50.1 Å². The maximum Gasteiger partial charge on any atom is 0.223 e. The van der Waals surface area contributed by atoms with Crippen LogP contribution in [-0.4, -0.2) is 40.2 Å². The molecule has 0 spiro atoms. The Labute approximate surface area is 170 Å². The molecule has 1 aromatic carbocycles. The third-order valence-corrected chi connectivity index (χ3v) is 6.24. The van der Waals surface area contributed by atoms with E-state index in [9.17, 15) is 4.79 Å². The van der Waals surface area contributed by atoms with Crippen LogP contribution >= 0.6 is 0 Å². The number of carbonyl (C=O) groups excluding carboxylic acids is 1. The number of aryl methyl sites for hydroxylation is 1. The molecule has 3 N–H and O–H groups in total. The Morgan fingerprint density at radius 1 is 1.07 bits per heavy atom.